The highest BCUT2D eigenvalue weighted by Gasteiger charge is 2.60. The number of ketones is 1. The fourth-order valence-corrected chi connectivity index (χ4v) is 2.97. The van der Waals surface area contributed by atoms with Crippen LogP contribution in [0.25, 0.3) is 5.76 Å². The smallest absolute Gasteiger partial charge is 0.358 e. The summed E-state index contributed by atoms with van der Waals surface area (Å²) in [5.74, 6) is -2.41. The molecule has 116 valence electrons. The van der Waals surface area contributed by atoms with Crippen LogP contribution in [0.3, 0.4) is 0 Å². The maximum absolute atomic E-state index is 12.3. The van der Waals surface area contributed by atoms with E-state index in [2.05, 4.69) is 4.74 Å². The molecule has 0 aromatic heterocycles. The van der Waals surface area contributed by atoms with E-state index < -0.39 is 29.2 Å². The number of ether oxygens (including phenoxy) is 2. The van der Waals surface area contributed by atoms with Crippen LogP contribution in [0.2, 0.25) is 0 Å². The van der Waals surface area contributed by atoms with Gasteiger partial charge in [-0.1, -0.05) is 6.07 Å². The first-order valence-corrected chi connectivity index (χ1v) is 6.68. The van der Waals surface area contributed by atoms with Crippen molar-refractivity contribution in [3.8, 4) is 11.5 Å². The van der Waals surface area contributed by atoms with Gasteiger partial charge in [0.25, 0.3) is 5.60 Å². The van der Waals surface area contributed by atoms with Crippen molar-refractivity contribution >= 4 is 17.5 Å². The summed E-state index contributed by atoms with van der Waals surface area (Å²) in [7, 11) is 1.10. The van der Waals surface area contributed by atoms with Gasteiger partial charge in [0.05, 0.1) is 12.7 Å². The van der Waals surface area contributed by atoms with Crippen molar-refractivity contribution in [3.05, 3.63) is 29.3 Å². The minimum absolute atomic E-state index is 0.00113. The van der Waals surface area contributed by atoms with Crippen molar-refractivity contribution in [2.24, 2.45) is 0 Å². The van der Waals surface area contributed by atoms with Crippen LogP contribution in [0, 0.1) is 0 Å². The number of rotatable bonds is 1. The zero-order chi connectivity index (χ0) is 16.1. The van der Waals surface area contributed by atoms with Crippen LogP contribution in [0.4, 0.5) is 0 Å². The number of phenolic OH excluding ortho intramolecular Hbond substituents is 1. The van der Waals surface area contributed by atoms with Gasteiger partial charge in [-0.25, -0.2) is 4.79 Å². The molecule has 3 N–H and O–H groups in total. The third-order valence-corrected chi connectivity index (χ3v) is 4.00. The molecule has 1 aromatic carbocycles. The zero-order valence-corrected chi connectivity index (χ0v) is 11.7. The van der Waals surface area contributed by atoms with Gasteiger partial charge in [-0.05, 0) is 18.6 Å². The number of methoxy groups -OCH3 is 1. The molecule has 0 spiro atoms. The Morgan fingerprint density at radius 1 is 1.41 bits per heavy atom. The second-order valence-corrected chi connectivity index (χ2v) is 5.18. The van der Waals surface area contributed by atoms with Gasteiger partial charge in [0.2, 0.25) is 0 Å². The van der Waals surface area contributed by atoms with Crippen molar-refractivity contribution in [1.29, 1.82) is 0 Å². The average molecular weight is 306 g/mol. The maximum Gasteiger partial charge on any atom is 0.358 e. The number of aliphatic hydroxyl groups is 2. The predicted octanol–water partition coefficient (Wildman–Crippen LogP) is 0.689. The van der Waals surface area contributed by atoms with E-state index in [1.54, 1.807) is 0 Å². The largest absolute Gasteiger partial charge is 0.507 e. The van der Waals surface area contributed by atoms with Gasteiger partial charge in [0.1, 0.15) is 28.9 Å². The van der Waals surface area contributed by atoms with E-state index in [9.17, 15) is 24.9 Å². The highest BCUT2D eigenvalue weighted by Crippen LogP contribution is 2.48. The fraction of sp³-hybridized carbons (Fsp3) is 0.333. The van der Waals surface area contributed by atoms with Crippen LogP contribution in [-0.4, -0.2) is 45.9 Å². The van der Waals surface area contributed by atoms with Gasteiger partial charge in [0, 0.05) is 6.42 Å². The molecule has 0 saturated heterocycles. The highest BCUT2D eigenvalue weighted by atomic mass is 16.6. The Hall–Kier alpha value is -2.54. The summed E-state index contributed by atoms with van der Waals surface area (Å²) in [4.78, 5) is 24.5. The van der Waals surface area contributed by atoms with Crippen LogP contribution in [0.1, 0.15) is 18.4 Å². The molecule has 2 atom stereocenters. The van der Waals surface area contributed by atoms with E-state index in [-0.39, 0.29) is 35.5 Å². The number of carbonyl (C=O) groups excluding carboxylic acids is 2. The second kappa shape index (κ2) is 4.74. The quantitative estimate of drug-likeness (QED) is 0.654. The molecule has 2 aliphatic rings. The lowest BCUT2D eigenvalue weighted by atomic mass is 9.74. The summed E-state index contributed by atoms with van der Waals surface area (Å²) >= 11 is 0. The fourth-order valence-electron chi connectivity index (χ4n) is 2.97. The molecule has 1 heterocycles. The Morgan fingerprint density at radius 2 is 2.14 bits per heavy atom. The molecule has 1 aliphatic heterocycles. The van der Waals surface area contributed by atoms with E-state index in [4.69, 9.17) is 4.74 Å². The third-order valence-electron chi connectivity index (χ3n) is 4.00. The van der Waals surface area contributed by atoms with Crippen molar-refractivity contribution in [1.82, 2.24) is 0 Å². The molecule has 3 rings (SSSR count). The van der Waals surface area contributed by atoms with Crippen LogP contribution < -0.4 is 4.74 Å². The van der Waals surface area contributed by atoms with E-state index in [0.29, 0.717) is 0 Å². The van der Waals surface area contributed by atoms with E-state index in [1.165, 1.54) is 18.2 Å². The Balaban J connectivity index is 2.34. The molecular weight excluding hydrogens is 292 g/mol. The van der Waals surface area contributed by atoms with Crippen LogP contribution in [-0.2, 0) is 14.3 Å². The standard InChI is InChI=1S/C15H14O7/c1-21-14(20)15-10(18)6-5-8(17)12(15)13(19)11-7(16)3-2-4-9(11)22-15/h2-4,10,16,18-19H,5-6H2,1H3/t10-,15-/m1/s1. The topological polar surface area (TPSA) is 113 Å². The number of fused-ring (bicyclic) bond motifs is 2. The lowest BCUT2D eigenvalue weighted by molar-refractivity contribution is -0.169. The molecule has 1 aliphatic carbocycles. The molecule has 1 fully saturated rings. The summed E-state index contributed by atoms with van der Waals surface area (Å²) in [6, 6.07) is 4.18. The van der Waals surface area contributed by atoms with Gasteiger partial charge in [0.15, 0.2) is 5.78 Å². The Morgan fingerprint density at radius 3 is 2.82 bits per heavy atom. The Kier molecular flexibility index (Phi) is 3.10. The number of Topliss-reactive ketones (excluding diaryl/α,β-unsaturated/α-hetero) is 1. The summed E-state index contributed by atoms with van der Waals surface area (Å²) in [5, 5.41) is 30.6. The monoisotopic (exact) mass is 306 g/mol. The molecule has 0 amide bonds. The van der Waals surface area contributed by atoms with Gasteiger partial charge < -0.3 is 24.8 Å². The summed E-state index contributed by atoms with van der Waals surface area (Å²) in [6.07, 6.45) is -1.41. The Labute approximate surface area is 125 Å². The third kappa shape index (κ3) is 1.66. The predicted molar refractivity (Wildman–Crippen MR) is 73.3 cm³/mol. The van der Waals surface area contributed by atoms with Crippen molar-refractivity contribution < 1.29 is 34.4 Å². The normalized spacial score (nSPS) is 26.8. The van der Waals surface area contributed by atoms with Crippen LogP contribution >= 0.6 is 0 Å². The first-order chi connectivity index (χ1) is 10.4. The molecule has 7 nitrogen and oxygen atoms in total. The molecule has 0 bridgehead atoms. The van der Waals surface area contributed by atoms with Crippen LogP contribution in [0.5, 0.6) is 11.5 Å². The average Bonchev–Trinajstić information content (AvgIpc) is 2.49. The molecule has 22 heavy (non-hydrogen) atoms. The SMILES string of the molecule is COC(=O)[C@]12Oc3cccc(O)c3C(O)=C1C(=O)CC[C@H]2O. The lowest BCUT2D eigenvalue weighted by Crippen LogP contribution is -2.61. The number of aromatic hydroxyl groups is 1. The van der Waals surface area contributed by atoms with Crippen molar-refractivity contribution in [3.63, 3.8) is 0 Å². The number of benzene rings is 1. The van der Waals surface area contributed by atoms with Gasteiger partial charge in [-0.15, -0.1) is 0 Å². The van der Waals surface area contributed by atoms with E-state index in [0.717, 1.165) is 7.11 Å². The minimum atomic E-state index is -2.12. The molecule has 1 saturated carbocycles. The van der Waals surface area contributed by atoms with Crippen molar-refractivity contribution in [2.45, 2.75) is 24.5 Å². The minimum Gasteiger partial charge on any atom is -0.507 e. The van der Waals surface area contributed by atoms with Crippen LogP contribution in [0.15, 0.2) is 23.8 Å². The highest BCUT2D eigenvalue weighted by molar-refractivity contribution is 6.12. The second-order valence-electron chi connectivity index (χ2n) is 5.18. The number of phenols is 1. The Bertz CT molecular complexity index is 706. The molecule has 0 radical (unpaired) electrons. The lowest BCUT2D eigenvalue weighted by Gasteiger charge is -2.42. The first-order valence-electron chi connectivity index (χ1n) is 6.68. The number of carbonyl (C=O) groups is 2. The van der Waals surface area contributed by atoms with Gasteiger partial charge in [-0.2, -0.15) is 0 Å². The molecule has 7 heteroatoms. The number of hydrogen-bond donors (Lipinski definition) is 3. The van der Waals surface area contributed by atoms with Gasteiger partial charge >= 0.3 is 5.97 Å². The zero-order valence-electron chi connectivity index (χ0n) is 11.7. The molecule has 0 unspecified atom stereocenters. The summed E-state index contributed by atoms with van der Waals surface area (Å²) < 4.78 is 10.3. The number of hydrogen-bond acceptors (Lipinski definition) is 7. The van der Waals surface area contributed by atoms with Crippen molar-refractivity contribution in [2.75, 3.05) is 7.11 Å². The summed E-state index contributed by atoms with van der Waals surface area (Å²) in [5.41, 5.74) is -2.58. The number of aliphatic hydroxyl groups excluding tert-OH is 2. The van der Waals surface area contributed by atoms with E-state index >= 15 is 0 Å². The maximum atomic E-state index is 12.3. The number of esters is 1. The van der Waals surface area contributed by atoms with E-state index in [1.807, 2.05) is 0 Å². The summed E-state index contributed by atoms with van der Waals surface area (Å²) in [6.45, 7) is 0. The molecular formula is C15H14O7. The first kappa shape index (κ1) is 14.4. The van der Waals surface area contributed by atoms with Gasteiger partial charge in [-0.3, -0.25) is 4.79 Å². The molecule has 1 aromatic rings.